The van der Waals surface area contributed by atoms with Crippen molar-refractivity contribution in [3.63, 3.8) is 0 Å². The summed E-state index contributed by atoms with van der Waals surface area (Å²) in [5, 5.41) is 0. The summed E-state index contributed by atoms with van der Waals surface area (Å²) in [4.78, 5) is 16.0. The van der Waals surface area contributed by atoms with E-state index < -0.39 is 0 Å². The summed E-state index contributed by atoms with van der Waals surface area (Å²) in [5.41, 5.74) is 3.61. The van der Waals surface area contributed by atoms with E-state index in [1.54, 1.807) is 20.3 Å². The van der Waals surface area contributed by atoms with E-state index in [0.29, 0.717) is 11.5 Å². The molecule has 0 atom stereocenters. The molecule has 5 heteroatoms. The summed E-state index contributed by atoms with van der Waals surface area (Å²) in [6, 6.07) is 14.1. The summed E-state index contributed by atoms with van der Waals surface area (Å²) in [6.45, 7) is 6.69. The number of ether oxygens (including phenoxy) is 2. The first kappa shape index (κ1) is 20.0. The van der Waals surface area contributed by atoms with E-state index in [1.165, 1.54) is 16.0 Å². The molecule has 0 saturated carbocycles. The highest BCUT2D eigenvalue weighted by Gasteiger charge is 2.22. The second-order valence-electron chi connectivity index (χ2n) is 7.16. The van der Waals surface area contributed by atoms with Crippen molar-refractivity contribution >= 4 is 12.0 Å². The molecule has 148 valence electrons. The Hall–Kier alpha value is -2.79. The summed E-state index contributed by atoms with van der Waals surface area (Å²) in [7, 11) is 3.23. The molecule has 2 aromatic rings. The monoisotopic (exact) mass is 381 g/mol. The van der Waals surface area contributed by atoms with Crippen LogP contribution in [0.4, 0.5) is 0 Å². The molecule has 1 fully saturated rings. The van der Waals surface area contributed by atoms with E-state index in [-0.39, 0.29) is 5.91 Å². The number of methoxy groups -OCH3 is 2. The highest BCUT2D eigenvalue weighted by Crippen LogP contribution is 2.23. The lowest BCUT2D eigenvalue weighted by Crippen LogP contribution is -3.13. The molecule has 5 nitrogen and oxygen atoms in total. The highest BCUT2D eigenvalue weighted by molar-refractivity contribution is 5.92. The van der Waals surface area contributed by atoms with Gasteiger partial charge in [-0.15, -0.1) is 0 Å². The Morgan fingerprint density at radius 1 is 1.07 bits per heavy atom. The SMILES string of the molecule is COc1cc(/C=C/C(=O)N2CC[NH+](Cc3ccccc3C)CC2)cc(OC)c1. The van der Waals surface area contributed by atoms with E-state index in [0.717, 1.165) is 38.3 Å². The maximum Gasteiger partial charge on any atom is 0.246 e. The van der Waals surface area contributed by atoms with Gasteiger partial charge < -0.3 is 19.3 Å². The summed E-state index contributed by atoms with van der Waals surface area (Å²) in [5.74, 6) is 1.47. The first-order valence-corrected chi connectivity index (χ1v) is 9.67. The molecule has 28 heavy (non-hydrogen) atoms. The van der Waals surface area contributed by atoms with Gasteiger partial charge in [0.2, 0.25) is 5.91 Å². The fourth-order valence-corrected chi connectivity index (χ4v) is 3.50. The zero-order chi connectivity index (χ0) is 19.9. The van der Waals surface area contributed by atoms with Gasteiger partial charge >= 0.3 is 0 Å². The Labute approximate surface area is 167 Å². The maximum absolute atomic E-state index is 12.6. The first-order chi connectivity index (χ1) is 13.6. The maximum atomic E-state index is 12.6. The zero-order valence-electron chi connectivity index (χ0n) is 16.9. The normalized spacial score (nSPS) is 15.0. The average Bonchev–Trinajstić information content (AvgIpc) is 2.74. The molecule has 1 saturated heterocycles. The lowest BCUT2D eigenvalue weighted by Gasteiger charge is -2.32. The molecular formula is C23H29N2O3+. The number of carbonyl (C=O) groups is 1. The number of rotatable bonds is 6. The molecule has 3 rings (SSSR count). The minimum Gasteiger partial charge on any atom is -0.497 e. The number of hydrogen-bond donors (Lipinski definition) is 1. The first-order valence-electron chi connectivity index (χ1n) is 9.67. The molecule has 0 aliphatic carbocycles. The van der Waals surface area contributed by atoms with Gasteiger partial charge in [-0.05, 0) is 36.3 Å². The van der Waals surface area contributed by atoms with Crippen molar-refractivity contribution in [1.29, 1.82) is 0 Å². The number of piperazine rings is 1. The number of nitrogens with one attached hydrogen (secondary N) is 1. The van der Waals surface area contributed by atoms with Crippen molar-refractivity contribution in [3.8, 4) is 11.5 Å². The molecule has 0 bridgehead atoms. The van der Waals surface area contributed by atoms with Gasteiger partial charge in [0.15, 0.2) is 0 Å². The fourth-order valence-electron chi connectivity index (χ4n) is 3.50. The molecule has 0 aromatic heterocycles. The Bertz CT molecular complexity index is 817. The molecule has 1 heterocycles. The lowest BCUT2D eigenvalue weighted by atomic mass is 10.1. The largest absolute Gasteiger partial charge is 0.497 e. The summed E-state index contributed by atoms with van der Waals surface area (Å²) < 4.78 is 10.6. The molecule has 0 radical (unpaired) electrons. The van der Waals surface area contributed by atoms with Crippen LogP contribution in [0.1, 0.15) is 16.7 Å². The Morgan fingerprint density at radius 3 is 2.32 bits per heavy atom. The quantitative estimate of drug-likeness (QED) is 0.778. The van der Waals surface area contributed by atoms with E-state index in [9.17, 15) is 4.79 Å². The van der Waals surface area contributed by atoms with Gasteiger partial charge in [-0.1, -0.05) is 24.3 Å². The van der Waals surface area contributed by atoms with Crippen molar-refractivity contribution in [2.75, 3.05) is 40.4 Å². The number of hydrogen-bond acceptors (Lipinski definition) is 3. The molecular weight excluding hydrogens is 352 g/mol. The number of quaternary nitrogens is 1. The third-order valence-corrected chi connectivity index (χ3v) is 5.28. The van der Waals surface area contributed by atoms with Crippen molar-refractivity contribution in [1.82, 2.24) is 4.90 Å². The predicted octanol–water partition coefficient (Wildman–Crippen LogP) is 1.95. The van der Waals surface area contributed by atoms with Gasteiger partial charge in [-0.2, -0.15) is 0 Å². The Morgan fingerprint density at radius 2 is 1.71 bits per heavy atom. The minimum atomic E-state index is 0.0525. The second kappa shape index (κ2) is 9.42. The van der Waals surface area contributed by atoms with E-state index in [4.69, 9.17) is 9.47 Å². The van der Waals surface area contributed by atoms with E-state index in [2.05, 4.69) is 31.2 Å². The Kier molecular flexibility index (Phi) is 6.71. The van der Waals surface area contributed by atoms with Crippen LogP contribution in [0.3, 0.4) is 0 Å². The molecule has 0 unspecified atom stereocenters. The summed E-state index contributed by atoms with van der Waals surface area (Å²) >= 11 is 0. The van der Waals surface area contributed by atoms with Gasteiger partial charge in [0.05, 0.1) is 40.4 Å². The van der Waals surface area contributed by atoms with Crippen LogP contribution in [0.25, 0.3) is 6.08 Å². The van der Waals surface area contributed by atoms with Gasteiger partial charge in [-0.25, -0.2) is 0 Å². The van der Waals surface area contributed by atoms with Crippen LogP contribution in [0.2, 0.25) is 0 Å². The van der Waals surface area contributed by atoms with Gasteiger partial charge in [0.25, 0.3) is 0 Å². The van der Waals surface area contributed by atoms with Crippen LogP contribution in [0.5, 0.6) is 11.5 Å². The fraction of sp³-hybridized carbons (Fsp3) is 0.348. The number of amides is 1. The lowest BCUT2D eigenvalue weighted by molar-refractivity contribution is -0.917. The highest BCUT2D eigenvalue weighted by atomic mass is 16.5. The molecule has 1 aliphatic rings. The van der Waals surface area contributed by atoms with E-state index >= 15 is 0 Å². The Balaban J connectivity index is 1.55. The predicted molar refractivity (Wildman–Crippen MR) is 111 cm³/mol. The van der Waals surface area contributed by atoms with Crippen LogP contribution >= 0.6 is 0 Å². The van der Waals surface area contributed by atoms with Crippen LogP contribution in [-0.2, 0) is 11.3 Å². The third-order valence-electron chi connectivity index (χ3n) is 5.28. The average molecular weight is 381 g/mol. The van der Waals surface area contributed by atoms with Crippen LogP contribution in [-0.4, -0.2) is 51.2 Å². The van der Waals surface area contributed by atoms with Gasteiger partial charge in [0, 0.05) is 17.7 Å². The number of nitrogens with zero attached hydrogens (tertiary/aromatic N) is 1. The van der Waals surface area contributed by atoms with Crippen molar-refractivity contribution in [3.05, 3.63) is 65.2 Å². The smallest absolute Gasteiger partial charge is 0.246 e. The van der Waals surface area contributed by atoms with E-state index in [1.807, 2.05) is 29.2 Å². The third kappa shape index (κ3) is 5.14. The van der Waals surface area contributed by atoms with Crippen molar-refractivity contribution in [2.45, 2.75) is 13.5 Å². The number of carbonyl (C=O) groups excluding carboxylic acids is 1. The van der Waals surface area contributed by atoms with Crippen LogP contribution in [0.15, 0.2) is 48.5 Å². The topological polar surface area (TPSA) is 43.2 Å². The number of benzene rings is 2. The van der Waals surface area contributed by atoms with Crippen molar-refractivity contribution < 1.29 is 19.2 Å². The van der Waals surface area contributed by atoms with Crippen LogP contribution in [0, 0.1) is 6.92 Å². The van der Waals surface area contributed by atoms with Gasteiger partial charge in [0.1, 0.15) is 18.0 Å². The minimum absolute atomic E-state index is 0.0525. The zero-order valence-corrected chi connectivity index (χ0v) is 16.9. The number of aryl methyl sites for hydroxylation is 1. The van der Waals surface area contributed by atoms with Crippen molar-refractivity contribution in [2.24, 2.45) is 0 Å². The molecule has 1 N–H and O–H groups in total. The molecule has 2 aromatic carbocycles. The molecule has 1 aliphatic heterocycles. The summed E-state index contributed by atoms with van der Waals surface area (Å²) in [6.07, 6.45) is 3.46. The van der Waals surface area contributed by atoms with Gasteiger partial charge in [-0.3, -0.25) is 4.79 Å². The standard InChI is InChI=1S/C23H28N2O3/c1-18-6-4-5-7-20(18)17-24-10-12-25(13-11-24)23(26)9-8-19-14-21(27-2)16-22(15-19)28-3/h4-9,14-16H,10-13,17H2,1-3H3/p+1/b9-8+. The second-order valence-corrected chi connectivity index (χ2v) is 7.16. The molecule has 1 amide bonds. The molecule has 0 spiro atoms. The van der Waals surface area contributed by atoms with Crippen LogP contribution < -0.4 is 14.4 Å².